The minimum Gasteiger partial charge on any atom is -0.306 e. The quantitative estimate of drug-likeness (QED) is 0.820. The summed E-state index contributed by atoms with van der Waals surface area (Å²) in [5.74, 6) is 0. The summed E-state index contributed by atoms with van der Waals surface area (Å²) in [6.07, 6.45) is 2.74. The fourth-order valence-corrected chi connectivity index (χ4v) is 2.57. The van der Waals surface area contributed by atoms with Gasteiger partial charge in [0.05, 0.1) is 0 Å². The molecule has 1 fully saturated rings. The Morgan fingerprint density at radius 2 is 1.67 bits per heavy atom. The molecule has 100 valence electrons. The van der Waals surface area contributed by atoms with Crippen LogP contribution in [0, 0.1) is 10.8 Å². The van der Waals surface area contributed by atoms with E-state index >= 15 is 0 Å². The number of hydrogen-bond acceptors (Lipinski definition) is 1. The Morgan fingerprint density at radius 1 is 1.11 bits per heavy atom. The lowest BCUT2D eigenvalue weighted by atomic mass is 9.81. The predicted octanol–water partition coefficient (Wildman–Crippen LogP) is 4.55. The van der Waals surface area contributed by atoms with Crippen LogP contribution in [0.2, 0.25) is 0 Å². The summed E-state index contributed by atoms with van der Waals surface area (Å²) >= 11 is 0. The summed E-state index contributed by atoms with van der Waals surface area (Å²) in [5, 5.41) is 3.88. The number of rotatable bonds is 4. The van der Waals surface area contributed by atoms with Crippen LogP contribution in [0.15, 0.2) is 30.3 Å². The summed E-state index contributed by atoms with van der Waals surface area (Å²) in [6.45, 7) is 11.7. The molecular weight excluding hydrogens is 218 g/mol. The van der Waals surface area contributed by atoms with Crippen LogP contribution in [0.5, 0.6) is 0 Å². The lowest BCUT2D eigenvalue weighted by Crippen LogP contribution is -2.41. The van der Waals surface area contributed by atoms with Gasteiger partial charge in [-0.3, -0.25) is 0 Å². The fraction of sp³-hybridized carbons (Fsp3) is 0.647. The van der Waals surface area contributed by atoms with Gasteiger partial charge in [-0.2, -0.15) is 0 Å². The van der Waals surface area contributed by atoms with E-state index in [9.17, 15) is 0 Å². The first-order chi connectivity index (χ1) is 8.33. The molecule has 2 rings (SSSR count). The van der Waals surface area contributed by atoms with Crippen LogP contribution < -0.4 is 5.32 Å². The van der Waals surface area contributed by atoms with Crippen LogP contribution in [-0.4, -0.2) is 6.04 Å². The van der Waals surface area contributed by atoms with E-state index in [1.54, 1.807) is 0 Å². The van der Waals surface area contributed by atoms with E-state index in [1.165, 1.54) is 18.4 Å². The fourth-order valence-electron chi connectivity index (χ4n) is 2.57. The maximum atomic E-state index is 3.88. The zero-order chi connectivity index (χ0) is 13.4. The number of nitrogens with one attached hydrogen (secondary N) is 1. The van der Waals surface area contributed by atoms with Gasteiger partial charge in [-0.25, -0.2) is 0 Å². The van der Waals surface area contributed by atoms with E-state index in [0.717, 1.165) is 0 Å². The van der Waals surface area contributed by atoms with E-state index in [0.29, 0.717) is 17.5 Å². The lowest BCUT2D eigenvalue weighted by molar-refractivity contribution is 0.224. The van der Waals surface area contributed by atoms with Crippen molar-refractivity contribution >= 4 is 0 Å². The maximum absolute atomic E-state index is 3.88. The molecule has 0 bridgehead atoms. The minimum absolute atomic E-state index is 0.237. The highest BCUT2D eigenvalue weighted by molar-refractivity contribution is 5.21. The third-order valence-electron chi connectivity index (χ3n) is 4.50. The Balaban J connectivity index is 2.16. The highest BCUT2D eigenvalue weighted by Gasteiger charge is 2.44. The number of hydrogen-bond donors (Lipinski definition) is 1. The normalized spacial score (nSPS) is 21.4. The second-order valence-electron chi connectivity index (χ2n) is 7.25. The molecular formula is C17H27N. The molecule has 0 heterocycles. The molecule has 1 N–H and O–H groups in total. The van der Waals surface area contributed by atoms with Gasteiger partial charge >= 0.3 is 0 Å². The van der Waals surface area contributed by atoms with Crippen molar-refractivity contribution in [1.82, 2.24) is 5.32 Å². The van der Waals surface area contributed by atoms with Gasteiger partial charge in [0, 0.05) is 12.1 Å². The van der Waals surface area contributed by atoms with Gasteiger partial charge in [-0.05, 0) is 36.2 Å². The Hall–Kier alpha value is -0.820. The second-order valence-corrected chi connectivity index (χ2v) is 7.25. The first kappa shape index (κ1) is 13.6. The molecule has 0 aromatic heterocycles. The molecule has 0 amide bonds. The van der Waals surface area contributed by atoms with Crippen molar-refractivity contribution in [2.45, 2.75) is 59.5 Å². The third-order valence-corrected chi connectivity index (χ3v) is 4.50. The molecule has 0 radical (unpaired) electrons. The van der Waals surface area contributed by atoms with E-state index in [4.69, 9.17) is 0 Å². The van der Waals surface area contributed by atoms with E-state index in [-0.39, 0.29) is 5.41 Å². The van der Waals surface area contributed by atoms with Crippen molar-refractivity contribution in [3.63, 3.8) is 0 Å². The topological polar surface area (TPSA) is 12.0 Å². The van der Waals surface area contributed by atoms with Crippen molar-refractivity contribution in [1.29, 1.82) is 0 Å². The minimum atomic E-state index is 0.237. The van der Waals surface area contributed by atoms with Crippen molar-refractivity contribution in [2.24, 2.45) is 10.8 Å². The van der Waals surface area contributed by atoms with Gasteiger partial charge in [0.2, 0.25) is 0 Å². The van der Waals surface area contributed by atoms with E-state index in [1.807, 2.05) is 0 Å². The molecule has 1 aromatic carbocycles. The highest BCUT2D eigenvalue weighted by atomic mass is 15.0. The Morgan fingerprint density at radius 3 is 2.11 bits per heavy atom. The van der Waals surface area contributed by atoms with Crippen LogP contribution in [0.3, 0.4) is 0 Å². The number of benzene rings is 1. The molecule has 1 aliphatic rings. The summed E-state index contributed by atoms with van der Waals surface area (Å²) in [5.41, 5.74) is 2.17. The molecule has 0 spiro atoms. The van der Waals surface area contributed by atoms with E-state index < -0.39 is 0 Å². The van der Waals surface area contributed by atoms with Crippen molar-refractivity contribution in [3.8, 4) is 0 Å². The van der Waals surface area contributed by atoms with Crippen molar-refractivity contribution in [2.75, 3.05) is 0 Å². The molecule has 0 aliphatic heterocycles. The molecule has 1 aromatic rings. The largest absolute Gasteiger partial charge is 0.306 e. The van der Waals surface area contributed by atoms with Crippen LogP contribution in [0.25, 0.3) is 0 Å². The molecule has 1 heteroatoms. The van der Waals surface area contributed by atoms with Gasteiger partial charge in [-0.1, -0.05) is 58.0 Å². The molecule has 2 unspecified atom stereocenters. The SMILES string of the molecule is CC(NC(c1ccccc1)C(C)(C)C)C1(C)CC1. The van der Waals surface area contributed by atoms with Gasteiger partial charge in [0.1, 0.15) is 0 Å². The zero-order valence-corrected chi connectivity index (χ0v) is 12.5. The molecule has 1 nitrogen and oxygen atoms in total. The Bertz CT molecular complexity index is 384. The van der Waals surface area contributed by atoms with Crippen LogP contribution in [-0.2, 0) is 0 Å². The Kier molecular flexibility index (Phi) is 3.55. The van der Waals surface area contributed by atoms with Crippen molar-refractivity contribution < 1.29 is 0 Å². The lowest BCUT2D eigenvalue weighted by Gasteiger charge is -2.36. The molecule has 1 saturated carbocycles. The summed E-state index contributed by atoms with van der Waals surface area (Å²) < 4.78 is 0. The summed E-state index contributed by atoms with van der Waals surface area (Å²) in [4.78, 5) is 0. The molecule has 18 heavy (non-hydrogen) atoms. The van der Waals surface area contributed by atoms with Crippen LogP contribution in [0.1, 0.15) is 59.1 Å². The van der Waals surface area contributed by atoms with E-state index in [2.05, 4.69) is 70.3 Å². The molecule has 0 saturated heterocycles. The van der Waals surface area contributed by atoms with Gasteiger partial charge in [0.15, 0.2) is 0 Å². The molecule has 1 aliphatic carbocycles. The highest BCUT2D eigenvalue weighted by Crippen LogP contribution is 2.49. The van der Waals surface area contributed by atoms with Gasteiger partial charge in [-0.15, -0.1) is 0 Å². The predicted molar refractivity (Wildman–Crippen MR) is 78.6 cm³/mol. The zero-order valence-electron chi connectivity index (χ0n) is 12.5. The summed E-state index contributed by atoms with van der Waals surface area (Å²) in [7, 11) is 0. The smallest absolute Gasteiger partial charge is 0.0371 e. The Labute approximate surface area is 112 Å². The summed E-state index contributed by atoms with van der Waals surface area (Å²) in [6, 6.07) is 11.9. The first-order valence-corrected chi connectivity index (χ1v) is 7.14. The van der Waals surface area contributed by atoms with Crippen LogP contribution >= 0.6 is 0 Å². The maximum Gasteiger partial charge on any atom is 0.0371 e. The molecule has 2 atom stereocenters. The first-order valence-electron chi connectivity index (χ1n) is 7.14. The van der Waals surface area contributed by atoms with Crippen LogP contribution in [0.4, 0.5) is 0 Å². The third kappa shape index (κ3) is 2.95. The van der Waals surface area contributed by atoms with Gasteiger partial charge in [0.25, 0.3) is 0 Å². The standard InChI is InChI=1S/C17H27N/c1-13(17(5)11-12-17)18-15(16(2,3)4)14-9-7-6-8-10-14/h6-10,13,15,18H,11-12H2,1-5H3. The second kappa shape index (κ2) is 4.70. The van der Waals surface area contributed by atoms with Crippen molar-refractivity contribution in [3.05, 3.63) is 35.9 Å². The average molecular weight is 245 g/mol. The van der Waals surface area contributed by atoms with Gasteiger partial charge < -0.3 is 5.32 Å². The monoisotopic (exact) mass is 245 g/mol. The average Bonchev–Trinajstić information content (AvgIpc) is 3.05.